The van der Waals surface area contributed by atoms with Gasteiger partial charge in [0.25, 0.3) is 0 Å². The van der Waals surface area contributed by atoms with Crippen LogP contribution in [0.25, 0.3) is 0 Å². The van der Waals surface area contributed by atoms with Crippen LogP contribution in [0.3, 0.4) is 0 Å². The molecule has 2 rings (SSSR count). The smallest absolute Gasteiger partial charge is 0.123 e. The van der Waals surface area contributed by atoms with Gasteiger partial charge in [-0.15, -0.1) is 0 Å². The largest absolute Gasteiger partial charge is 0.310 e. The van der Waals surface area contributed by atoms with Crippen LogP contribution in [0.15, 0.2) is 52.3 Å². The number of hydrogen-bond acceptors (Lipinski definition) is 2. The molecule has 0 unspecified atom stereocenters. The van der Waals surface area contributed by atoms with Crippen LogP contribution in [-0.2, 0) is 6.54 Å². The first-order valence-electron chi connectivity index (χ1n) is 6.50. The molecule has 0 saturated carbocycles. The summed E-state index contributed by atoms with van der Waals surface area (Å²) in [6.07, 6.45) is 0. The fraction of sp³-hybridized carbons (Fsp3) is 0.250. The molecule has 0 aliphatic heterocycles. The van der Waals surface area contributed by atoms with Gasteiger partial charge in [-0.1, -0.05) is 49.3 Å². The maximum absolute atomic E-state index is 13.4. The van der Waals surface area contributed by atoms with Gasteiger partial charge in [0.15, 0.2) is 0 Å². The van der Waals surface area contributed by atoms with Crippen molar-refractivity contribution < 1.29 is 4.39 Å². The van der Waals surface area contributed by atoms with Crippen LogP contribution in [0.4, 0.5) is 4.39 Å². The molecule has 2 aromatic carbocycles. The van der Waals surface area contributed by atoms with E-state index in [1.54, 1.807) is 23.9 Å². The summed E-state index contributed by atoms with van der Waals surface area (Å²) in [7, 11) is 0. The van der Waals surface area contributed by atoms with Gasteiger partial charge in [0, 0.05) is 22.4 Å². The third-order valence-corrected chi connectivity index (χ3v) is 4.42. The van der Waals surface area contributed by atoms with Gasteiger partial charge < -0.3 is 5.32 Å². The number of halogens is 2. The molecule has 0 atom stereocenters. The Morgan fingerprint density at radius 1 is 1.15 bits per heavy atom. The molecule has 0 saturated heterocycles. The molecule has 0 amide bonds. The van der Waals surface area contributed by atoms with Crippen LogP contribution in [0.2, 0.25) is 5.02 Å². The van der Waals surface area contributed by atoms with Crippen molar-refractivity contribution in [1.82, 2.24) is 5.32 Å². The Bertz CT molecular complexity index is 586. The average molecular weight is 310 g/mol. The highest BCUT2D eigenvalue weighted by Gasteiger charge is 2.08. The van der Waals surface area contributed by atoms with Crippen LogP contribution in [0, 0.1) is 5.82 Å². The monoisotopic (exact) mass is 309 g/mol. The van der Waals surface area contributed by atoms with Gasteiger partial charge in [0.2, 0.25) is 0 Å². The molecule has 1 nitrogen and oxygen atoms in total. The molecule has 20 heavy (non-hydrogen) atoms. The Balaban J connectivity index is 2.24. The van der Waals surface area contributed by atoms with Crippen molar-refractivity contribution in [2.45, 2.75) is 36.2 Å². The number of benzene rings is 2. The first-order chi connectivity index (χ1) is 9.56. The Labute approximate surface area is 128 Å². The molecule has 0 spiro atoms. The number of nitrogens with one attached hydrogen (secondary N) is 1. The van der Waals surface area contributed by atoms with Gasteiger partial charge in [-0.3, -0.25) is 0 Å². The van der Waals surface area contributed by atoms with Crippen LogP contribution in [0.5, 0.6) is 0 Å². The molecule has 106 valence electrons. The van der Waals surface area contributed by atoms with Crippen LogP contribution >= 0.6 is 23.4 Å². The minimum Gasteiger partial charge on any atom is -0.310 e. The summed E-state index contributed by atoms with van der Waals surface area (Å²) < 4.78 is 13.4. The third kappa shape index (κ3) is 4.23. The summed E-state index contributed by atoms with van der Waals surface area (Å²) >= 11 is 7.74. The Morgan fingerprint density at radius 3 is 2.60 bits per heavy atom. The van der Waals surface area contributed by atoms with E-state index in [9.17, 15) is 4.39 Å². The molecule has 0 heterocycles. The first kappa shape index (κ1) is 15.4. The van der Waals surface area contributed by atoms with Crippen molar-refractivity contribution >= 4 is 23.4 Å². The van der Waals surface area contributed by atoms with Crippen LogP contribution < -0.4 is 5.32 Å². The van der Waals surface area contributed by atoms with Gasteiger partial charge in [-0.25, -0.2) is 4.39 Å². The lowest BCUT2D eigenvalue weighted by molar-refractivity contribution is 0.576. The molecule has 4 heteroatoms. The molecular weight excluding hydrogens is 293 g/mol. The lowest BCUT2D eigenvalue weighted by Crippen LogP contribution is -2.22. The van der Waals surface area contributed by atoms with Gasteiger partial charge >= 0.3 is 0 Å². The van der Waals surface area contributed by atoms with Crippen molar-refractivity contribution in [3.8, 4) is 0 Å². The quantitative estimate of drug-likeness (QED) is 0.822. The maximum Gasteiger partial charge on any atom is 0.123 e. The summed E-state index contributed by atoms with van der Waals surface area (Å²) in [5.41, 5.74) is 0.948. The summed E-state index contributed by atoms with van der Waals surface area (Å²) in [4.78, 5) is 2.00. The minimum absolute atomic E-state index is 0.214. The molecular formula is C16H17ClFNS. The highest BCUT2D eigenvalue weighted by molar-refractivity contribution is 7.99. The van der Waals surface area contributed by atoms with Crippen molar-refractivity contribution in [2.75, 3.05) is 0 Å². The van der Waals surface area contributed by atoms with Crippen molar-refractivity contribution in [3.05, 3.63) is 58.9 Å². The summed E-state index contributed by atoms with van der Waals surface area (Å²) in [5.74, 6) is -0.214. The molecule has 0 aliphatic carbocycles. The summed E-state index contributed by atoms with van der Waals surface area (Å²) in [6.45, 7) is 4.78. The first-order valence-corrected chi connectivity index (χ1v) is 7.70. The van der Waals surface area contributed by atoms with E-state index in [0.29, 0.717) is 17.6 Å². The zero-order chi connectivity index (χ0) is 14.5. The molecule has 0 bridgehead atoms. The van der Waals surface area contributed by atoms with E-state index >= 15 is 0 Å². The highest BCUT2D eigenvalue weighted by Crippen LogP contribution is 2.35. The van der Waals surface area contributed by atoms with Crippen molar-refractivity contribution in [2.24, 2.45) is 0 Å². The van der Waals surface area contributed by atoms with E-state index in [-0.39, 0.29) is 5.82 Å². The van der Waals surface area contributed by atoms with Gasteiger partial charge in [-0.05, 0) is 35.9 Å². The van der Waals surface area contributed by atoms with E-state index in [0.717, 1.165) is 15.4 Å². The highest BCUT2D eigenvalue weighted by atomic mass is 35.5. The van der Waals surface area contributed by atoms with Crippen molar-refractivity contribution in [1.29, 1.82) is 0 Å². The lowest BCUT2D eigenvalue weighted by Gasteiger charge is -2.13. The molecule has 0 aliphatic rings. The lowest BCUT2D eigenvalue weighted by atomic mass is 10.2. The number of rotatable bonds is 5. The SMILES string of the molecule is CC(C)NCc1cc(F)ccc1Sc1ccccc1Cl. The normalized spacial score (nSPS) is 11.1. The Morgan fingerprint density at radius 2 is 1.90 bits per heavy atom. The van der Waals surface area contributed by atoms with Gasteiger partial charge in [0.1, 0.15) is 5.82 Å². The standard InChI is InChI=1S/C16H17ClFNS/c1-11(2)19-10-12-9-13(18)7-8-15(12)20-16-6-4-3-5-14(16)17/h3-9,11,19H,10H2,1-2H3. The van der Waals surface area contributed by atoms with E-state index in [1.807, 2.05) is 24.3 Å². The summed E-state index contributed by atoms with van der Waals surface area (Å²) in [5, 5.41) is 4.03. The zero-order valence-electron chi connectivity index (χ0n) is 11.5. The molecule has 2 aromatic rings. The fourth-order valence-electron chi connectivity index (χ4n) is 1.75. The second-order valence-electron chi connectivity index (χ2n) is 4.82. The van der Waals surface area contributed by atoms with E-state index in [1.165, 1.54) is 6.07 Å². The number of hydrogen-bond donors (Lipinski definition) is 1. The van der Waals surface area contributed by atoms with Crippen molar-refractivity contribution in [3.63, 3.8) is 0 Å². The van der Waals surface area contributed by atoms with Crippen LogP contribution in [-0.4, -0.2) is 6.04 Å². The van der Waals surface area contributed by atoms with E-state index in [2.05, 4.69) is 19.2 Å². The summed E-state index contributed by atoms with van der Waals surface area (Å²) in [6, 6.07) is 12.9. The second kappa shape index (κ2) is 7.11. The maximum atomic E-state index is 13.4. The van der Waals surface area contributed by atoms with E-state index < -0.39 is 0 Å². The molecule has 0 aromatic heterocycles. The third-order valence-electron chi connectivity index (χ3n) is 2.78. The Hall–Kier alpha value is -1.03. The van der Waals surface area contributed by atoms with Gasteiger partial charge in [-0.2, -0.15) is 0 Å². The molecule has 0 fully saturated rings. The van der Waals surface area contributed by atoms with E-state index in [4.69, 9.17) is 11.6 Å². The van der Waals surface area contributed by atoms with Gasteiger partial charge in [0.05, 0.1) is 5.02 Å². The second-order valence-corrected chi connectivity index (χ2v) is 6.31. The fourth-order valence-corrected chi connectivity index (χ4v) is 2.94. The molecule has 0 radical (unpaired) electrons. The minimum atomic E-state index is -0.214. The topological polar surface area (TPSA) is 12.0 Å². The molecule has 1 N–H and O–H groups in total. The average Bonchev–Trinajstić information content (AvgIpc) is 2.41. The predicted molar refractivity (Wildman–Crippen MR) is 84.0 cm³/mol. The zero-order valence-corrected chi connectivity index (χ0v) is 13.1. The van der Waals surface area contributed by atoms with Crippen LogP contribution in [0.1, 0.15) is 19.4 Å². The Kier molecular flexibility index (Phi) is 5.46. The predicted octanol–water partition coefficient (Wildman–Crippen LogP) is 5.13.